The fourth-order valence-electron chi connectivity index (χ4n) is 3.14. The Morgan fingerprint density at radius 3 is 2.46 bits per heavy atom. The highest BCUT2D eigenvalue weighted by molar-refractivity contribution is 5.75. The number of hydrogen-bond donors (Lipinski definition) is 1. The van der Waals surface area contributed by atoms with Crippen LogP contribution in [0.2, 0.25) is 0 Å². The molecule has 6 nitrogen and oxygen atoms in total. The van der Waals surface area contributed by atoms with Gasteiger partial charge in [-0.3, -0.25) is 9.69 Å². The van der Waals surface area contributed by atoms with Crippen LogP contribution in [-0.4, -0.2) is 59.5 Å². The first-order valence-corrected chi connectivity index (χ1v) is 9.90. The van der Waals surface area contributed by atoms with Crippen molar-refractivity contribution in [1.29, 1.82) is 0 Å². The molecule has 6 heteroatoms. The number of nitrogens with one attached hydrogen (secondary N) is 1. The zero-order valence-electron chi connectivity index (χ0n) is 17.6. The first-order valence-electron chi connectivity index (χ1n) is 9.90. The van der Waals surface area contributed by atoms with Crippen LogP contribution in [0, 0.1) is 0 Å². The number of likely N-dealkylation sites (N-methyl/N-ethyl adjacent to an activating group) is 2. The summed E-state index contributed by atoms with van der Waals surface area (Å²) in [6.07, 6.45) is 11.7. The van der Waals surface area contributed by atoms with Crippen molar-refractivity contribution < 1.29 is 4.79 Å². The van der Waals surface area contributed by atoms with Gasteiger partial charge in [0, 0.05) is 46.0 Å². The summed E-state index contributed by atoms with van der Waals surface area (Å²) in [5.41, 5.74) is 2.24. The number of aromatic nitrogens is 2. The lowest BCUT2D eigenvalue weighted by Gasteiger charge is -2.24. The van der Waals surface area contributed by atoms with Crippen molar-refractivity contribution in [2.45, 2.75) is 39.2 Å². The molecule has 0 saturated heterocycles. The summed E-state index contributed by atoms with van der Waals surface area (Å²) in [4.78, 5) is 24.4. The predicted molar refractivity (Wildman–Crippen MR) is 115 cm³/mol. The van der Waals surface area contributed by atoms with E-state index in [0.29, 0.717) is 0 Å². The van der Waals surface area contributed by atoms with Crippen LogP contribution in [0.15, 0.2) is 54.4 Å². The molecular weight excluding hydrogens is 350 g/mol. The Hall–Kier alpha value is -2.47. The lowest BCUT2D eigenvalue weighted by molar-refractivity contribution is -0.119. The SMILES string of the molecule is C=C/C(=C\C=C(/C)C1(NC(C)=O)CC1)CN(CC)CCN(C)c1ncccn1. The van der Waals surface area contributed by atoms with E-state index in [4.69, 9.17) is 0 Å². The minimum absolute atomic E-state index is 0.0295. The third-order valence-corrected chi connectivity index (χ3v) is 5.23. The molecule has 1 aromatic rings. The highest BCUT2D eigenvalue weighted by atomic mass is 16.1. The topological polar surface area (TPSA) is 61.4 Å². The van der Waals surface area contributed by atoms with Crippen molar-refractivity contribution >= 4 is 11.9 Å². The third kappa shape index (κ3) is 6.30. The molecule has 0 radical (unpaired) electrons. The monoisotopic (exact) mass is 383 g/mol. The van der Waals surface area contributed by atoms with Gasteiger partial charge in [-0.25, -0.2) is 9.97 Å². The van der Waals surface area contributed by atoms with E-state index in [1.165, 1.54) is 11.1 Å². The molecule has 0 aromatic carbocycles. The summed E-state index contributed by atoms with van der Waals surface area (Å²) in [6, 6.07) is 1.82. The van der Waals surface area contributed by atoms with E-state index < -0.39 is 0 Å². The number of hydrogen-bond acceptors (Lipinski definition) is 5. The van der Waals surface area contributed by atoms with Gasteiger partial charge < -0.3 is 10.2 Å². The van der Waals surface area contributed by atoms with E-state index in [-0.39, 0.29) is 11.4 Å². The second-order valence-electron chi connectivity index (χ2n) is 7.40. The van der Waals surface area contributed by atoms with Gasteiger partial charge >= 0.3 is 0 Å². The average molecular weight is 384 g/mol. The van der Waals surface area contributed by atoms with Gasteiger partial charge in [-0.05, 0) is 43.5 Å². The molecule has 0 spiro atoms. The molecule has 0 atom stereocenters. The fourth-order valence-corrected chi connectivity index (χ4v) is 3.14. The number of nitrogens with zero attached hydrogens (tertiary/aromatic N) is 4. The van der Waals surface area contributed by atoms with E-state index in [2.05, 4.69) is 57.7 Å². The molecule has 152 valence electrons. The molecule has 2 rings (SSSR count). The third-order valence-electron chi connectivity index (χ3n) is 5.23. The summed E-state index contributed by atoms with van der Waals surface area (Å²) in [7, 11) is 2.01. The van der Waals surface area contributed by atoms with Crippen LogP contribution in [0.25, 0.3) is 0 Å². The Morgan fingerprint density at radius 1 is 1.25 bits per heavy atom. The lowest BCUT2D eigenvalue weighted by Crippen LogP contribution is -2.36. The molecule has 1 aliphatic rings. The highest BCUT2D eigenvalue weighted by Gasteiger charge is 2.44. The molecule has 0 aliphatic heterocycles. The Labute approximate surface area is 169 Å². The Balaban J connectivity index is 1.93. The van der Waals surface area contributed by atoms with Crippen LogP contribution in [0.5, 0.6) is 0 Å². The second kappa shape index (κ2) is 10.2. The van der Waals surface area contributed by atoms with E-state index >= 15 is 0 Å². The molecule has 1 aliphatic carbocycles. The van der Waals surface area contributed by atoms with Crippen LogP contribution in [0.4, 0.5) is 5.95 Å². The lowest BCUT2D eigenvalue weighted by atomic mass is 10.1. The molecule has 28 heavy (non-hydrogen) atoms. The van der Waals surface area contributed by atoms with Crippen LogP contribution < -0.4 is 10.2 Å². The first kappa shape index (κ1) is 21.8. The maximum absolute atomic E-state index is 11.4. The highest BCUT2D eigenvalue weighted by Crippen LogP contribution is 2.42. The minimum atomic E-state index is -0.128. The summed E-state index contributed by atoms with van der Waals surface area (Å²) < 4.78 is 0. The summed E-state index contributed by atoms with van der Waals surface area (Å²) >= 11 is 0. The smallest absolute Gasteiger partial charge is 0.225 e. The van der Waals surface area contributed by atoms with Gasteiger partial charge in [0.05, 0.1) is 5.54 Å². The molecule has 1 aromatic heterocycles. The largest absolute Gasteiger partial charge is 0.347 e. The first-order chi connectivity index (χ1) is 13.4. The van der Waals surface area contributed by atoms with Gasteiger partial charge in [0.1, 0.15) is 0 Å². The van der Waals surface area contributed by atoms with Crippen molar-refractivity contribution in [3.05, 3.63) is 54.4 Å². The maximum Gasteiger partial charge on any atom is 0.225 e. The van der Waals surface area contributed by atoms with E-state index in [1.54, 1.807) is 19.3 Å². The predicted octanol–water partition coefficient (Wildman–Crippen LogP) is 2.96. The zero-order chi connectivity index (χ0) is 20.6. The van der Waals surface area contributed by atoms with Crippen molar-refractivity contribution in [3.8, 4) is 0 Å². The Bertz CT molecular complexity index is 722. The molecule has 1 N–H and O–H groups in total. The van der Waals surface area contributed by atoms with Crippen molar-refractivity contribution in [1.82, 2.24) is 20.2 Å². The van der Waals surface area contributed by atoms with Crippen molar-refractivity contribution in [2.24, 2.45) is 0 Å². The summed E-state index contributed by atoms with van der Waals surface area (Å²) in [5, 5.41) is 3.08. The molecule has 1 heterocycles. The standard InChI is InChI=1S/C22H33N5O/c1-6-20(10-9-18(3)22(11-12-22)25-19(4)28)17-27(7-2)16-15-26(5)21-23-13-8-14-24-21/h6,8-10,13-14H,1,7,11-12,15-17H2,2-5H3,(H,25,28)/b18-9+,20-10+. The van der Waals surface area contributed by atoms with E-state index in [0.717, 1.165) is 45.0 Å². The number of allylic oxidation sites excluding steroid dienone is 2. The molecule has 1 amide bonds. The van der Waals surface area contributed by atoms with Gasteiger partial charge in [-0.2, -0.15) is 0 Å². The Kier molecular flexibility index (Phi) is 7.93. The quantitative estimate of drug-likeness (QED) is 0.595. The van der Waals surface area contributed by atoms with Gasteiger partial charge in [0.25, 0.3) is 0 Å². The second-order valence-corrected chi connectivity index (χ2v) is 7.40. The fraction of sp³-hybridized carbons (Fsp3) is 0.500. The van der Waals surface area contributed by atoms with Crippen LogP contribution in [0.3, 0.4) is 0 Å². The summed E-state index contributed by atoms with van der Waals surface area (Å²) in [6.45, 7) is 13.3. The van der Waals surface area contributed by atoms with E-state index in [9.17, 15) is 4.79 Å². The number of anilines is 1. The average Bonchev–Trinajstić information content (AvgIpc) is 3.47. The van der Waals surface area contributed by atoms with Gasteiger partial charge in [-0.1, -0.05) is 31.7 Å². The van der Waals surface area contributed by atoms with Crippen LogP contribution in [-0.2, 0) is 4.79 Å². The number of amides is 1. The number of rotatable bonds is 11. The maximum atomic E-state index is 11.4. The van der Waals surface area contributed by atoms with Crippen LogP contribution in [0.1, 0.15) is 33.6 Å². The minimum Gasteiger partial charge on any atom is -0.347 e. The van der Waals surface area contributed by atoms with Crippen molar-refractivity contribution in [3.63, 3.8) is 0 Å². The zero-order valence-corrected chi connectivity index (χ0v) is 17.6. The van der Waals surface area contributed by atoms with Gasteiger partial charge in [0.2, 0.25) is 11.9 Å². The normalized spacial score (nSPS) is 16.0. The van der Waals surface area contributed by atoms with Gasteiger partial charge in [-0.15, -0.1) is 0 Å². The van der Waals surface area contributed by atoms with Crippen molar-refractivity contribution in [2.75, 3.05) is 38.1 Å². The van der Waals surface area contributed by atoms with Gasteiger partial charge in [0.15, 0.2) is 0 Å². The molecule has 1 fully saturated rings. The van der Waals surface area contributed by atoms with Crippen LogP contribution >= 0.6 is 0 Å². The number of carbonyl (C=O) groups excluding carboxylic acids is 1. The molecular formula is C22H33N5O. The molecule has 0 unspecified atom stereocenters. The molecule has 1 saturated carbocycles. The molecule has 0 bridgehead atoms. The van der Waals surface area contributed by atoms with E-state index in [1.807, 2.05) is 19.2 Å². The number of carbonyl (C=O) groups is 1. The Morgan fingerprint density at radius 2 is 1.93 bits per heavy atom. The summed E-state index contributed by atoms with van der Waals surface area (Å²) in [5.74, 6) is 0.770.